The Morgan fingerprint density at radius 2 is 1.41 bits per heavy atom. The van der Waals surface area contributed by atoms with Crippen molar-refractivity contribution in [1.82, 2.24) is 9.29 Å². The average Bonchev–Trinajstić information content (AvgIpc) is 3.39. The van der Waals surface area contributed by atoms with Gasteiger partial charge in [0.05, 0.1) is 23.5 Å². The molecule has 1 N–H and O–H groups in total. The Morgan fingerprint density at radius 1 is 0.780 bits per heavy atom. The molecular formula is C37H41N3S. The molecule has 0 unspecified atom stereocenters. The van der Waals surface area contributed by atoms with E-state index in [2.05, 4.69) is 132 Å². The van der Waals surface area contributed by atoms with Crippen molar-refractivity contribution in [2.45, 2.75) is 47.0 Å². The predicted molar refractivity (Wildman–Crippen MR) is 183 cm³/mol. The fraction of sp³-hybridized carbons (Fsp3) is 0.216. The highest BCUT2D eigenvalue weighted by Crippen LogP contribution is 2.32. The molecule has 5 aromatic rings. The van der Waals surface area contributed by atoms with E-state index in [-0.39, 0.29) is 0 Å². The summed E-state index contributed by atoms with van der Waals surface area (Å²) >= 11 is 1.48. The highest BCUT2D eigenvalue weighted by Gasteiger charge is 2.15. The predicted octanol–water partition coefficient (Wildman–Crippen LogP) is 10.9. The van der Waals surface area contributed by atoms with Crippen LogP contribution in [0.25, 0.3) is 33.6 Å². The van der Waals surface area contributed by atoms with E-state index >= 15 is 0 Å². The highest BCUT2D eigenvalue weighted by atomic mass is 32.2. The van der Waals surface area contributed by atoms with Crippen molar-refractivity contribution in [1.29, 1.82) is 0 Å². The number of rotatable bonds is 5. The molecule has 41 heavy (non-hydrogen) atoms. The zero-order valence-corrected chi connectivity index (χ0v) is 25.7. The monoisotopic (exact) mass is 559 g/mol. The van der Waals surface area contributed by atoms with E-state index in [9.17, 15) is 0 Å². The summed E-state index contributed by atoms with van der Waals surface area (Å²) in [5.74, 6) is 0. The number of hydrogen-bond donors (Lipinski definition) is 1. The average molecular weight is 560 g/mol. The molecule has 6 rings (SSSR count). The van der Waals surface area contributed by atoms with Crippen LogP contribution in [0.3, 0.4) is 0 Å². The van der Waals surface area contributed by atoms with Gasteiger partial charge in [-0.2, -0.15) is 4.40 Å². The van der Waals surface area contributed by atoms with Gasteiger partial charge >= 0.3 is 0 Å². The first kappa shape index (κ1) is 30.0. The Hall–Kier alpha value is -4.02. The Labute approximate surface area is 250 Å². The molecule has 0 atom stereocenters. The first-order valence-corrected chi connectivity index (χ1v) is 15.3. The minimum absolute atomic E-state index is 1.02. The van der Waals surface area contributed by atoms with Gasteiger partial charge in [-0.3, -0.25) is 4.31 Å². The standard InChI is InChI=1S/C18H19N.C16H14N2S.C3H8/c1-3-4-5-8-14-13(2)11-12-17-18(14)15-9-6-7-10-16(15)19-17;1-18-16(14-10-6-3-7-11-14)12-15(17-19-18)13-8-4-2-5-9-13;1-3-2/h5-12,19H,3-4H2,1-2H3;2-12H,1H3;3H2,1-2H3/b8-5-;;. The van der Waals surface area contributed by atoms with Gasteiger partial charge in [-0.25, -0.2) is 0 Å². The Bertz CT molecular complexity index is 1630. The summed E-state index contributed by atoms with van der Waals surface area (Å²) in [5, 5.41) is 2.67. The van der Waals surface area contributed by atoms with Gasteiger partial charge in [0.2, 0.25) is 0 Å². The number of nitrogens with zero attached hydrogens (tertiary/aromatic N) is 2. The number of unbranched alkanes of at least 4 members (excludes halogenated alkanes) is 1. The molecule has 0 spiro atoms. The minimum atomic E-state index is 1.02. The van der Waals surface area contributed by atoms with Crippen LogP contribution in [0.4, 0.5) is 0 Å². The lowest BCUT2D eigenvalue weighted by Gasteiger charge is -2.23. The number of benzene rings is 4. The molecule has 3 nitrogen and oxygen atoms in total. The summed E-state index contributed by atoms with van der Waals surface area (Å²) in [4.78, 5) is 3.50. The third-order valence-electron chi connectivity index (χ3n) is 6.68. The third-order valence-corrected chi connectivity index (χ3v) is 7.40. The van der Waals surface area contributed by atoms with E-state index in [1.54, 1.807) is 0 Å². The lowest BCUT2D eigenvalue weighted by atomic mass is 10.0. The molecule has 210 valence electrons. The number of aromatic amines is 1. The van der Waals surface area contributed by atoms with Crippen LogP contribution in [0, 0.1) is 6.92 Å². The summed E-state index contributed by atoms with van der Waals surface area (Å²) in [5.41, 5.74) is 9.68. The second kappa shape index (κ2) is 15.1. The summed E-state index contributed by atoms with van der Waals surface area (Å²) in [7, 11) is 2.04. The van der Waals surface area contributed by atoms with Crippen molar-refractivity contribution < 1.29 is 0 Å². The van der Waals surface area contributed by atoms with Crippen LogP contribution in [-0.2, 0) is 0 Å². The fourth-order valence-electron chi connectivity index (χ4n) is 4.67. The van der Waals surface area contributed by atoms with Gasteiger partial charge in [0, 0.05) is 34.4 Å². The molecule has 1 aliphatic rings. The molecule has 4 heteroatoms. The van der Waals surface area contributed by atoms with Gasteiger partial charge in [0.15, 0.2) is 0 Å². The number of allylic oxidation sites excluding steroid dienone is 2. The normalized spacial score (nSPS) is 12.9. The molecule has 2 heterocycles. The van der Waals surface area contributed by atoms with Gasteiger partial charge in [-0.1, -0.05) is 131 Å². The zero-order valence-electron chi connectivity index (χ0n) is 24.9. The minimum Gasteiger partial charge on any atom is -0.354 e. The lowest BCUT2D eigenvalue weighted by molar-refractivity contribution is 0.804. The van der Waals surface area contributed by atoms with Crippen LogP contribution >= 0.6 is 12.1 Å². The van der Waals surface area contributed by atoms with Crippen molar-refractivity contribution in [2.75, 3.05) is 7.05 Å². The van der Waals surface area contributed by atoms with Crippen LogP contribution in [-0.4, -0.2) is 22.0 Å². The molecular weight excluding hydrogens is 518 g/mol. The Morgan fingerprint density at radius 3 is 2.10 bits per heavy atom. The lowest BCUT2D eigenvalue weighted by Crippen LogP contribution is -2.14. The van der Waals surface area contributed by atoms with Gasteiger partial charge in [0.1, 0.15) is 0 Å². The molecule has 0 aliphatic carbocycles. The first-order valence-electron chi connectivity index (χ1n) is 14.5. The fourth-order valence-corrected chi connectivity index (χ4v) is 5.29. The van der Waals surface area contributed by atoms with Crippen molar-refractivity contribution >= 4 is 51.4 Å². The molecule has 4 aromatic carbocycles. The first-order chi connectivity index (χ1) is 20.1. The van der Waals surface area contributed by atoms with Crippen LogP contribution in [0.2, 0.25) is 0 Å². The van der Waals surface area contributed by atoms with Crippen LogP contribution in [0.5, 0.6) is 0 Å². The summed E-state index contributed by atoms with van der Waals surface area (Å²) < 4.78 is 6.62. The van der Waals surface area contributed by atoms with E-state index in [1.165, 1.54) is 69.2 Å². The smallest absolute Gasteiger partial charge is 0.0933 e. The Balaban J connectivity index is 0.000000173. The maximum absolute atomic E-state index is 4.54. The molecule has 0 radical (unpaired) electrons. The largest absolute Gasteiger partial charge is 0.354 e. The topological polar surface area (TPSA) is 31.4 Å². The number of aromatic nitrogens is 1. The van der Waals surface area contributed by atoms with Crippen LogP contribution in [0.1, 0.15) is 62.3 Å². The molecule has 1 aromatic heterocycles. The number of aryl methyl sites for hydroxylation is 1. The van der Waals surface area contributed by atoms with Crippen molar-refractivity contribution in [3.05, 3.63) is 131 Å². The molecule has 1 aliphatic heterocycles. The van der Waals surface area contributed by atoms with Crippen molar-refractivity contribution in [3.63, 3.8) is 0 Å². The van der Waals surface area contributed by atoms with Gasteiger partial charge in [-0.15, -0.1) is 0 Å². The second-order valence-corrected chi connectivity index (χ2v) is 11.0. The number of fused-ring (bicyclic) bond motifs is 3. The Kier molecular flexibility index (Phi) is 11.0. The van der Waals surface area contributed by atoms with E-state index in [0.29, 0.717) is 0 Å². The second-order valence-electron chi connectivity index (χ2n) is 10.1. The van der Waals surface area contributed by atoms with Gasteiger partial charge < -0.3 is 4.98 Å². The maximum atomic E-state index is 4.54. The zero-order chi connectivity index (χ0) is 29.0. The maximum Gasteiger partial charge on any atom is 0.0933 e. The summed E-state index contributed by atoms with van der Waals surface area (Å²) in [6.07, 6.45) is 10.3. The van der Waals surface area contributed by atoms with Crippen LogP contribution in [0.15, 0.2) is 114 Å². The van der Waals surface area contributed by atoms with E-state index in [1.807, 2.05) is 31.3 Å². The SMILES string of the molecule is CCC.CCC/C=C\c1c(C)ccc2[nH]c3ccccc3c12.CN1SN=C(c2ccccc2)C=C1c1ccccc1. The van der Waals surface area contributed by atoms with E-state index < -0.39 is 0 Å². The summed E-state index contributed by atoms with van der Waals surface area (Å²) in [6, 6.07) is 33.6. The van der Waals surface area contributed by atoms with E-state index in [4.69, 9.17) is 0 Å². The van der Waals surface area contributed by atoms with Crippen molar-refractivity contribution in [2.24, 2.45) is 4.40 Å². The molecule has 0 saturated carbocycles. The number of para-hydroxylation sites is 1. The van der Waals surface area contributed by atoms with Gasteiger partial charge in [-0.05, 0) is 48.2 Å². The van der Waals surface area contributed by atoms with Crippen molar-refractivity contribution in [3.8, 4) is 0 Å². The number of nitrogens with one attached hydrogen (secondary N) is 1. The van der Waals surface area contributed by atoms with Crippen LogP contribution < -0.4 is 0 Å². The molecule has 0 fully saturated rings. The summed E-state index contributed by atoms with van der Waals surface area (Å²) in [6.45, 7) is 8.65. The number of H-pyrrole nitrogens is 1. The quantitative estimate of drug-likeness (QED) is 0.217. The van der Waals surface area contributed by atoms with Gasteiger partial charge in [0.25, 0.3) is 0 Å². The molecule has 0 bridgehead atoms. The van der Waals surface area contributed by atoms with E-state index in [0.717, 1.165) is 17.7 Å². The highest BCUT2D eigenvalue weighted by molar-refractivity contribution is 7.96. The molecule has 0 saturated heterocycles. The molecule has 0 amide bonds. The third kappa shape index (κ3) is 7.59. The number of hydrogen-bond acceptors (Lipinski definition) is 3.